The van der Waals surface area contributed by atoms with Gasteiger partial charge in [-0.3, -0.25) is 4.79 Å². The van der Waals surface area contributed by atoms with Gasteiger partial charge in [0.1, 0.15) is 5.88 Å². The second-order valence-corrected chi connectivity index (χ2v) is 5.53. The smallest absolute Gasteiger partial charge is 0.241 e. The normalized spacial score (nSPS) is 20.2. The average molecular weight is 275 g/mol. The maximum atomic E-state index is 11.2. The van der Waals surface area contributed by atoms with E-state index >= 15 is 0 Å². The van der Waals surface area contributed by atoms with Gasteiger partial charge in [-0.25, -0.2) is 4.98 Å². The van der Waals surface area contributed by atoms with Crippen molar-refractivity contribution in [1.82, 2.24) is 4.98 Å². The second kappa shape index (κ2) is 5.80. The highest BCUT2D eigenvalue weighted by Gasteiger charge is 2.21. The van der Waals surface area contributed by atoms with Gasteiger partial charge in [0.15, 0.2) is 5.13 Å². The SMILES string of the molecule is Cc1sc(NC(=O)CCl)nc1C1CCCOC1. The van der Waals surface area contributed by atoms with E-state index in [2.05, 4.69) is 10.3 Å². The fourth-order valence-electron chi connectivity index (χ4n) is 1.95. The van der Waals surface area contributed by atoms with Gasteiger partial charge in [0, 0.05) is 17.4 Å². The molecule has 1 aliphatic heterocycles. The molecule has 94 valence electrons. The van der Waals surface area contributed by atoms with Gasteiger partial charge in [-0.2, -0.15) is 0 Å². The first-order valence-electron chi connectivity index (χ1n) is 5.61. The van der Waals surface area contributed by atoms with Crippen LogP contribution in [0.5, 0.6) is 0 Å². The minimum atomic E-state index is -0.216. The van der Waals surface area contributed by atoms with Crippen LogP contribution in [0.15, 0.2) is 0 Å². The summed E-state index contributed by atoms with van der Waals surface area (Å²) in [7, 11) is 0. The molecular weight excluding hydrogens is 260 g/mol. The monoisotopic (exact) mass is 274 g/mol. The van der Waals surface area contributed by atoms with E-state index in [9.17, 15) is 4.79 Å². The number of amides is 1. The molecule has 17 heavy (non-hydrogen) atoms. The number of hydrogen-bond acceptors (Lipinski definition) is 4. The third-order valence-corrected chi connectivity index (χ3v) is 3.89. The molecule has 6 heteroatoms. The van der Waals surface area contributed by atoms with Crippen LogP contribution in [0.1, 0.15) is 29.3 Å². The summed E-state index contributed by atoms with van der Waals surface area (Å²) in [6.45, 7) is 3.60. The van der Waals surface area contributed by atoms with Crippen LogP contribution in [0.2, 0.25) is 0 Å². The number of nitrogens with zero attached hydrogens (tertiary/aromatic N) is 1. The fraction of sp³-hybridized carbons (Fsp3) is 0.636. The molecule has 1 N–H and O–H groups in total. The van der Waals surface area contributed by atoms with Gasteiger partial charge in [0.05, 0.1) is 12.3 Å². The Morgan fingerprint density at radius 3 is 3.18 bits per heavy atom. The lowest BCUT2D eigenvalue weighted by molar-refractivity contribution is -0.113. The molecule has 0 bridgehead atoms. The number of ether oxygens (including phenoxy) is 1. The zero-order valence-electron chi connectivity index (χ0n) is 9.66. The highest BCUT2D eigenvalue weighted by molar-refractivity contribution is 7.15. The molecule has 1 aromatic heterocycles. The van der Waals surface area contributed by atoms with Gasteiger partial charge in [0.2, 0.25) is 5.91 Å². The number of anilines is 1. The van der Waals surface area contributed by atoms with Crippen molar-refractivity contribution in [3.63, 3.8) is 0 Å². The first kappa shape index (κ1) is 12.8. The second-order valence-electron chi connectivity index (χ2n) is 4.06. The lowest BCUT2D eigenvalue weighted by Gasteiger charge is -2.20. The minimum Gasteiger partial charge on any atom is -0.381 e. The van der Waals surface area contributed by atoms with E-state index in [-0.39, 0.29) is 11.8 Å². The molecule has 1 unspecified atom stereocenters. The molecule has 1 aliphatic rings. The highest BCUT2D eigenvalue weighted by atomic mass is 35.5. The standard InChI is InChI=1S/C11H15ClN2O2S/c1-7-10(8-3-2-4-16-6-8)14-11(17-7)13-9(15)5-12/h8H,2-6H2,1H3,(H,13,14,15). The van der Waals surface area contributed by atoms with Gasteiger partial charge in [-0.05, 0) is 19.8 Å². The topological polar surface area (TPSA) is 51.2 Å². The summed E-state index contributed by atoms with van der Waals surface area (Å²) in [5.41, 5.74) is 1.06. The zero-order chi connectivity index (χ0) is 12.3. The Morgan fingerprint density at radius 2 is 2.53 bits per heavy atom. The largest absolute Gasteiger partial charge is 0.381 e. The third-order valence-electron chi connectivity index (χ3n) is 2.75. The molecule has 1 saturated heterocycles. The van der Waals surface area contributed by atoms with Gasteiger partial charge in [-0.1, -0.05) is 0 Å². The number of carbonyl (C=O) groups excluding carboxylic acids is 1. The Morgan fingerprint density at radius 1 is 1.71 bits per heavy atom. The summed E-state index contributed by atoms with van der Waals surface area (Å²) in [6, 6.07) is 0. The molecule has 0 aromatic carbocycles. The summed E-state index contributed by atoms with van der Waals surface area (Å²) in [5.74, 6) is 0.106. The van der Waals surface area contributed by atoms with Crippen molar-refractivity contribution in [2.45, 2.75) is 25.7 Å². The number of nitrogens with one attached hydrogen (secondary N) is 1. The molecule has 2 heterocycles. The van der Waals surface area contributed by atoms with Crippen molar-refractivity contribution in [3.05, 3.63) is 10.6 Å². The summed E-state index contributed by atoms with van der Waals surface area (Å²) >= 11 is 6.94. The molecule has 2 rings (SSSR count). The third kappa shape index (κ3) is 3.18. The lowest BCUT2D eigenvalue weighted by Crippen LogP contribution is -2.17. The van der Waals surface area contributed by atoms with Gasteiger partial charge < -0.3 is 10.1 Å². The zero-order valence-corrected chi connectivity index (χ0v) is 11.2. The van der Waals surface area contributed by atoms with Crippen LogP contribution >= 0.6 is 22.9 Å². The number of aryl methyl sites for hydroxylation is 1. The van der Waals surface area contributed by atoms with E-state index in [0.717, 1.165) is 36.6 Å². The molecule has 0 radical (unpaired) electrons. The number of carbonyl (C=O) groups is 1. The predicted molar refractivity (Wildman–Crippen MR) is 69.0 cm³/mol. The Bertz CT molecular complexity index is 402. The van der Waals surface area contributed by atoms with Crippen molar-refractivity contribution in [3.8, 4) is 0 Å². The molecule has 0 spiro atoms. The summed E-state index contributed by atoms with van der Waals surface area (Å²) in [6.07, 6.45) is 2.18. The van der Waals surface area contributed by atoms with Crippen molar-refractivity contribution < 1.29 is 9.53 Å². The lowest BCUT2D eigenvalue weighted by atomic mass is 9.98. The number of thiazole rings is 1. The van der Waals surface area contributed by atoms with E-state index in [1.807, 2.05) is 6.92 Å². The predicted octanol–water partition coefficient (Wildman–Crippen LogP) is 2.52. The van der Waals surface area contributed by atoms with Crippen molar-refractivity contribution in [2.24, 2.45) is 0 Å². The number of aromatic nitrogens is 1. The highest BCUT2D eigenvalue weighted by Crippen LogP contribution is 2.32. The van der Waals surface area contributed by atoms with Crippen LogP contribution in [0, 0.1) is 6.92 Å². The summed E-state index contributed by atoms with van der Waals surface area (Å²) in [4.78, 5) is 16.8. The number of halogens is 1. The first-order valence-corrected chi connectivity index (χ1v) is 6.96. The van der Waals surface area contributed by atoms with Crippen LogP contribution in [0.3, 0.4) is 0 Å². The summed E-state index contributed by atoms with van der Waals surface area (Å²) in [5, 5.41) is 3.32. The van der Waals surface area contributed by atoms with Crippen LogP contribution in [0.4, 0.5) is 5.13 Å². The van der Waals surface area contributed by atoms with Crippen molar-refractivity contribution in [1.29, 1.82) is 0 Å². The molecule has 1 amide bonds. The average Bonchev–Trinajstić information content (AvgIpc) is 2.71. The number of rotatable bonds is 3. The number of hydrogen-bond donors (Lipinski definition) is 1. The fourth-order valence-corrected chi connectivity index (χ4v) is 2.93. The maximum absolute atomic E-state index is 11.2. The molecular formula is C11H15ClN2O2S. The van der Waals surface area contributed by atoms with Gasteiger partial charge >= 0.3 is 0 Å². The molecule has 1 aromatic rings. The Labute approximate surface area is 109 Å². The first-order chi connectivity index (χ1) is 8.20. The molecule has 1 atom stereocenters. The van der Waals surface area contributed by atoms with E-state index in [1.165, 1.54) is 11.3 Å². The van der Waals surface area contributed by atoms with Crippen LogP contribution in [-0.2, 0) is 9.53 Å². The van der Waals surface area contributed by atoms with Crippen LogP contribution < -0.4 is 5.32 Å². The minimum absolute atomic E-state index is 0.0412. The quantitative estimate of drug-likeness (QED) is 0.862. The van der Waals surface area contributed by atoms with E-state index < -0.39 is 0 Å². The Kier molecular flexibility index (Phi) is 4.36. The van der Waals surface area contributed by atoms with E-state index in [1.54, 1.807) is 0 Å². The van der Waals surface area contributed by atoms with Gasteiger partial charge in [0.25, 0.3) is 0 Å². The molecule has 0 aliphatic carbocycles. The van der Waals surface area contributed by atoms with Crippen molar-refractivity contribution >= 4 is 34.0 Å². The molecule has 0 saturated carbocycles. The summed E-state index contributed by atoms with van der Waals surface area (Å²) < 4.78 is 5.46. The van der Waals surface area contributed by atoms with Crippen molar-refractivity contribution in [2.75, 3.05) is 24.4 Å². The maximum Gasteiger partial charge on any atom is 0.241 e. The molecule has 4 nitrogen and oxygen atoms in total. The van der Waals surface area contributed by atoms with Crippen LogP contribution in [-0.4, -0.2) is 30.0 Å². The Hall–Kier alpha value is -0.650. The Balaban J connectivity index is 2.09. The van der Waals surface area contributed by atoms with E-state index in [4.69, 9.17) is 16.3 Å². The van der Waals surface area contributed by atoms with Gasteiger partial charge in [-0.15, -0.1) is 22.9 Å². The van der Waals surface area contributed by atoms with E-state index in [0.29, 0.717) is 11.0 Å². The van der Waals surface area contributed by atoms with Crippen LogP contribution in [0.25, 0.3) is 0 Å². The number of alkyl halides is 1. The molecule has 1 fully saturated rings.